The Morgan fingerprint density at radius 1 is 1.15 bits per heavy atom. The van der Waals surface area contributed by atoms with Crippen molar-refractivity contribution in [2.24, 2.45) is 5.92 Å². The summed E-state index contributed by atoms with van der Waals surface area (Å²) in [5.74, 6) is -3.24. The average Bonchev–Trinajstić information content (AvgIpc) is 3.50. The van der Waals surface area contributed by atoms with Crippen LogP contribution in [0.15, 0.2) is 44.0 Å². The number of thiophene rings is 1. The van der Waals surface area contributed by atoms with Gasteiger partial charge in [-0.3, -0.25) is 9.59 Å². The van der Waals surface area contributed by atoms with Gasteiger partial charge in [-0.05, 0) is 38.8 Å². The lowest BCUT2D eigenvalue weighted by molar-refractivity contribution is -0.162. The van der Waals surface area contributed by atoms with E-state index in [-0.39, 0.29) is 43.4 Å². The Balaban J connectivity index is 1.83. The molecule has 0 saturated carbocycles. The molecule has 34 heavy (non-hydrogen) atoms. The van der Waals surface area contributed by atoms with Gasteiger partial charge >= 0.3 is 17.7 Å². The summed E-state index contributed by atoms with van der Waals surface area (Å²) in [6.45, 7) is 3.60. The third-order valence-electron chi connectivity index (χ3n) is 4.80. The van der Waals surface area contributed by atoms with E-state index in [0.29, 0.717) is 10.6 Å². The second-order valence-electron chi connectivity index (χ2n) is 7.24. The Hall–Kier alpha value is -3.19. The number of hydrogen-bond donors (Lipinski definition) is 0. The molecular formula is C21H25N3O8S2. The number of carbonyl (C=O) groups excluding carboxylic acids is 2. The van der Waals surface area contributed by atoms with E-state index in [1.165, 1.54) is 5.38 Å². The zero-order chi connectivity index (χ0) is 24.9. The van der Waals surface area contributed by atoms with Gasteiger partial charge in [-0.2, -0.15) is 4.68 Å². The normalized spacial score (nSPS) is 11.6. The van der Waals surface area contributed by atoms with Gasteiger partial charge in [0.05, 0.1) is 18.9 Å². The van der Waals surface area contributed by atoms with Crippen LogP contribution in [0.4, 0.5) is 0 Å². The number of hydrogen-bond acceptors (Lipinski definition) is 10. The second kappa shape index (κ2) is 10.8. The summed E-state index contributed by atoms with van der Waals surface area (Å²) >= 11 is 1.09. The summed E-state index contributed by atoms with van der Waals surface area (Å²) in [6.07, 6.45) is 4.81. The quantitative estimate of drug-likeness (QED) is 0.280. The Kier molecular flexibility index (Phi) is 8.10. The summed E-state index contributed by atoms with van der Waals surface area (Å²) < 4.78 is 42.4. The first kappa shape index (κ1) is 25.4. The van der Waals surface area contributed by atoms with Crippen molar-refractivity contribution in [3.63, 3.8) is 0 Å². The van der Waals surface area contributed by atoms with Crippen molar-refractivity contribution in [1.82, 2.24) is 14.3 Å². The minimum absolute atomic E-state index is 0.0269. The maximum absolute atomic E-state index is 12.4. The third-order valence-corrected chi connectivity index (χ3v) is 7.02. The number of aromatic nitrogens is 3. The van der Waals surface area contributed by atoms with Crippen molar-refractivity contribution in [3.05, 3.63) is 40.5 Å². The number of nitrogens with zero attached hydrogens (tertiary/aromatic N) is 3. The van der Waals surface area contributed by atoms with Gasteiger partial charge < -0.3 is 18.5 Å². The van der Waals surface area contributed by atoms with Crippen molar-refractivity contribution < 1.29 is 31.9 Å². The summed E-state index contributed by atoms with van der Waals surface area (Å²) in [6, 6.07) is 3.48. The van der Waals surface area contributed by atoms with E-state index in [2.05, 4.69) is 5.10 Å². The maximum atomic E-state index is 12.4. The average molecular weight is 512 g/mol. The molecule has 0 aromatic carbocycles. The topological polar surface area (TPSA) is 140 Å². The first-order valence-electron chi connectivity index (χ1n) is 10.5. The van der Waals surface area contributed by atoms with E-state index in [9.17, 15) is 22.8 Å². The van der Waals surface area contributed by atoms with Crippen LogP contribution in [0.3, 0.4) is 0 Å². The van der Waals surface area contributed by atoms with Crippen molar-refractivity contribution in [1.29, 1.82) is 0 Å². The Bertz CT molecular complexity index is 1280. The number of esters is 2. The van der Waals surface area contributed by atoms with Gasteiger partial charge in [-0.25, -0.2) is 13.2 Å². The van der Waals surface area contributed by atoms with Crippen LogP contribution in [0.2, 0.25) is 0 Å². The SMILES string of the molecule is CCOC(=O)C(CCCn1nc(-c2scc(S(C)(=O)=O)c2-n2cccc2)oc1=O)C(=O)OCC. The lowest BCUT2D eigenvalue weighted by Crippen LogP contribution is -2.29. The van der Waals surface area contributed by atoms with Gasteiger partial charge in [0.25, 0.3) is 5.89 Å². The lowest BCUT2D eigenvalue weighted by atomic mass is 10.0. The van der Waals surface area contributed by atoms with Crippen molar-refractivity contribution in [2.75, 3.05) is 19.5 Å². The van der Waals surface area contributed by atoms with Crippen LogP contribution in [0, 0.1) is 5.92 Å². The van der Waals surface area contributed by atoms with E-state index in [0.717, 1.165) is 22.3 Å². The van der Waals surface area contributed by atoms with Crippen LogP contribution in [-0.4, -0.2) is 54.2 Å². The second-order valence-corrected chi connectivity index (χ2v) is 10.1. The highest BCUT2D eigenvalue weighted by molar-refractivity contribution is 7.91. The molecule has 0 saturated heterocycles. The molecule has 0 amide bonds. The largest absolute Gasteiger partial charge is 0.465 e. The van der Waals surface area contributed by atoms with Crippen LogP contribution < -0.4 is 5.76 Å². The predicted molar refractivity (Wildman–Crippen MR) is 123 cm³/mol. The van der Waals surface area contributed by atoms with E-state index in [1.807, 2.05) is 0 Å². The smallest absolute Gasteiger partial charge is 0.437 e. The number of ether oxygens (including phenoxy) is 2. The summed E-state index contributed by atoms with van der Waals surface area (Å²) in [7, 11) is -3.55. The monoisotopic (exact) mass is 511 g/mol. The van der Waals surface area contributed by atoms with Gasteiger partial charge in [-0.1, -0.05) is 0 Å². The first-order chi connectivity index (χ1) is 16.2. The van der Waals surface area contributed by atoms with Crippen LogP contribution in [-0.2, 0) is 35.4 Å². The predicted octanol–water partition coefficient (Wildman–Crippen LogP) is 2.28. The molecule has 0 aliphatic rings. The number of carbonyl (C=O) groups is 2. The van der Waals surface area contributed by atoms with Crippen molar-refractivity contribution >= 4 is 33.1 Å². The molecule has 13 heteroatoms. The Morgan fingerprint density at radius 2 is 1.76 bits per heavy atom. The molecule has 3 rings (SSSR count). The van der Waals surface area contributed by atoms with Crippen LogP contribution in [0.25, 0.3) is 16.5 Å². The molecule has 184 valence electrons. The maximum Gasteiger partial charge on any atom is 0.437 e. The van der Waals surface area contributed by atoms with Gasteiger partial charge in [-0.15, -0.1) is 16.4 Å². The van der Waals surface area contributed by atoms with Gasteiger partial charge in [0.2, 0.25) is 0 Å². The van der Waals surface area contributed by atoms with Gasteiger partial charge in [0, 0.05) is 30.6 Å². The lowest BCUT2D eigenvalue weighted by Gasteiger charge is -2.13. The van der Waals surface area contributed by atoms with Crippen LogP contribution >= 0.6 is 11.3 Å². The van der Waals surface area contributed by atoms with E-state index in [4.69, 9.17) is 13.9 Å². The third kappa shape index (κ3) is 5.65. The molecule has 0 atom stereocenters. The Morgan fingerprint density at radius 3 is 2.32 bits per heavy atom. The molecular weight excluding hydrogens is 486 g/mol. The van der Waals surface area contributed by atoms with Gasteiger partial charge in [0.15, 0.2) is 15.8 Å². The highest BCUT2D eigenvalue weighted by Crippen LogP contribution is 2.37. The van der Waals surface area contributed by atoms with E-state index >= 15 is 0 Å². The molecule has 0 bridgehead atoms. The summed E-state index contributed by atoms with van der Waals surface area (Å²) in [5.41, 5.74) is 0.343. The number of rotatable bonds is 11. The summed E-state index contributed by atoms with van der Waals surface area (Å²) in [4.78, 5) is 37.1. The molecule has 0 N–H and O–H groups in total. The minimum Gasteiger partial charge on any atom is -0.465 e. The Labute approximate surface area is 199 Å². The fourth-order valence-corrected chi connectivity index (χ4v) is 5.59. The zero-order valence-electron chi connectivity index (χ0n) is 18.9. The molecule has 3 aromatic rings. The fourth-order valence-electron chi connectivity index (χ4n) is 3.28. The fraction of sp³-hybridized carbons (Fsp3) is 0.429. The first-order valence-corrected chi connectivity index (χ1v) is 13.3. The molecule has 0 spiro atoms. The van der Waals surface area contributed by atoms with Crippen molar-refractivity contribution in [3.8, 4) is 16.5 Å². The highest BCUT2D eigenvalue weighted by Gasteiger charge is 2.29. The van der Waals surface area contributed by atoms with Crippen molar-refractivity contribution in [2.45, 2.75) is 38.1 Å². The molecule has 0 fully saturated rings. The van der Waals surface area contributed by atoms with E-state index in [1.54, 1.807) is 42.9 Å². The van der Waals surface area contributed by atoms with E-state index < -0.39 is 33.4 Å². The standard InChI is InChI=1S/C21H25N3O8S2/c1-4-30-19(25)14(20(26)31-5-2)9-8-12-24-21(27)32-18(22-24)17-16(23-10-6-7-11-23)15(13-33-17)34(3,28)29/h6-7,10-11,13-14H,4-5,8-9,12H2,1-3H3. The van der Waals surface area contributed by atoms with Crippen LogP contribution in [0.1, 0.15) is 26.7 Å². The van der Waals surface area contributed by atoms with Crippen LogP contribution in [0.5, 0.6) is 0 Å². The molecule has 3 heterocycles. The molecule has 0 aliphatic heterocycles. The highest BCUT2D eigenvalue weighted by atomic mass is 32.2. The molecule has 0 radical (unpaired) electrons. The minimum atomic E-state index is -3.55. The molecule has 0 aliphatic carbocycles. The van der Waals surface area contributed by atoms with Gasteiger partial charge in [0.1, 0.15) is 9.77 Å². The molecule has 3 aromatic heterocycles. The zero-order valence-corrected chi connectivity index (χ0v) is 20.6. The molecule has 11 nitrogen and oxygen atoms in total. The summed E-state index contributed by atoms with van der Waals surface area (Å²) in [5, 5.41) is 5.69. The number of sulfone groups is 1. The number of aryl methyl sites for hydroxylation is 1. The molecule has 0 unspecified atom stereocenters.